The zero-order valence-electron chi connectivity index (χ0n) is 5.77. The lowest BCUT2D eigenvalue weighted by molar-refractivity contribution is -0.140. The van der Waals surface area contributed by atoms with Crippen molar-refractivity contribution in [3.8, 4) is 0 Å². The standard InChI is InChI=1S/C6H6F2O3/c1-3(9)4(10)2-5(11)6(7)8/h6H,2H2,1H3. The van der Waals surface area contributed by atoms with E-state index in [2.05, 4.69) is 0 Å². The molecule has 0 fully saturated rings. The number of hydrogen-bond acceptors (Lipinski definition) is 3. The fourth-order valence-electron chi connectivity index (χ4n) is 0.360. The number of ketones is 3. The van der Waals surface area contributed by atoms with E-state index in [1.165, 1.54) is 0 Å². The van der Waals surface area contributed by atoms with Crippen LogP contribution < -0.4 is 0 Å². The molecule has 62 valence electrons. The maximum atomic E-state index is 11.4. The molecule has 0 saturated carbocycles. The first-order valence-electron chi connectivity index (χ1n) is 2.79. The molecule has 0 atom stereocenters. The van der Waals surface area contributed by atoms with Crippen LogP contribution in [0.3, 0.4) is 0 Å². The molecule has 0 rings (SSSR count). The zero-order valence-corrected chi connectivity index (χ0v) is 5.77. The molecule has 3 nitrogen and oxygen atoms in total. The zero-order chi connectivity index (χ0) is 9.02. The Morgan fingerprint density at radius 1 is 1.27 bits per heavy atom. The Bertz CT molecular complexity index is 198. The molecule has 0 unspecified atom stereocenters. The number of carbonyl (C=O) groups is 3. The minimum Gasteiger partial charge on any atom is -0.293 e. The lowest BCUT2D eigenvalue weighted by Crippen LogP contribution is -2.19. The van der Waals surface area contributed by atoms with Gasteiger partial charge < -0.3 is 0 Å². The van der Waals surface area contributed by atoms with Crippen LogP contribution in [-0.4, -0.2) is 23.8 Å². The summed E-state index contributed by atoms with van der Waals surface area (Å²) in [6, 6.07) is 0. The predicted octanol–water partition coefficient (Wildman–Crippen LogP) is 0.369. The summed E-state index contributed by atoms with van der Waals surface area (Å²) in [5, 5.41) is 0. The van der Waals surface area contributed by atoms with Crippen molar-refractivity contribution in [3.05, 3.63) is 0 Å². The van der Waals surface area contributed by atoms with Crippen LogP contribution in [0, 0.1) is 0 Å². The largest absolute Gasteiger partial charge is 0.296 e. The Labute approximate surface area is 61.4 Å². The number of halogens is 2. The summed E-state index contributed by atoms with van der Waals surface area (Å²) < 4.78 is 22.9. The van der Waals surface area contributed by atoms with Gasteiger partial charge >= 0.3 is 0 Å². The maximum Gasteiger partial charge on any atom is 0.296 e. The van der Waals surface area contributed by atoms with E-state index in [-0.39, 0.29) is 0 Å². The van der Waals surface area contributed by atoms with E-state index >= 15 is 0 Å². The fraction of sp³-hybridized carbons (Fsp3) is 0.500. The van der Waals surface area contributed by atoms with Gasteiger partial charge in [-0.15, -0.1) is 0 Å². The number of carbonyl (C=O) groups excluding carboxylic acids is 3. The molecule has 0 saturated heterocycles. The Hall–Kier alpha value is -1.13. The van der Waals surface area contributed by atoms with Crippen LogP contribution in [0.15, 0.2) is 0 Å². The normalized spacial score (nSPS) is 9.82. The van der Waals surface area contributed by atoms with Gasteiger partial charge in [0.1, 0.15) is 0 Å². The fourth-order valence-corrected chi connectivity index (χ4v) is 0.360. The van der Waals surface area contributed by atoms with Crippen LogP contribution in [0.1, 0.15) is 13.3 Å². The van der Waals surface area contributed by atoms with E-state index in [1.54, 1.807) is 0 Å². The Morgan fingerprint density at radius 2 is 1.73 bits per heavy atom. The summed E-state index contributed by atoms with van der Waals surface area (Å²) in [4.78, 5) is 30.6. The average Bonchev–Trinajstić information content (AvgIpc) is 1.87. The van der Waals surface area contributed by atoms with E-state index in [9.17, 15) is 23.2 Å². The van der Waals surface area contributed by atoms with Gasteiger partial charge in [-0.2, -0.15) is 0 Å². The first-order valence-corrected chi connectivity index (χ1v) is 2.79. The SMILES string of the molecule is CC(=O)C(=O)CC(=O)C(F)F. The Kier molecular flexibility index (Phi) is 3.50. The van der Waals surface area contributed by atoms with Crippen molar-refractivity contribution in [3.63, 3.8) is 0 Å². The molecule has 0 radical (unpaired) electrons. The van der Waals surface area contributed by atoms with Gasteiger partial charge in [-0.05, 0) is 0 Å². The van der Waals surface area contributed by atoms with Gasteiger partial charge in [0, 0.05) is 6.92 Å². The topological polar surface area (TPSA) is 51.2 Å². The second-order valence-electron chi connectivity index (χ2n) is 1.92. The number of rotatable bonds is 4. The van der Waals surface area contributed by atoms with Crippen LogP contribution in [0.2, 0.25) is 0 Å². The van der Waals surface area contributed by atoms with Crippen LogP contribution in [0.4, 0.5) is 8.78 Å². The molecule has 0 aliphatic heterocycles. The molecule has 11 heavy (non-hydrogen) atoms. The summed E-state index contributed by atoms with van der Waals surface area (Å²) in [5.74, 6) is -3.46. The Morgan fingerprint density at radius 3 is 2.00 bits per heavy atom. The van der Waals surface area contributed by atoms with Crippen LogP contribution in [-0.2, 0) is 14.4 Å². The first kappa shape index (κ1) is 9.87. The van der Waals surface area contributed by atoms with Crippen LogP contribution in [0.5, 0.6) is 0 Å². The van der Waals surface area contributed by atoms with Gasteiger partial charge in [0.25, 0.3) is 6.43 Å². The quantitative estimate of drug-likeness (QED) is 0.445. The van der Waals surface area contributed by atoms with Crippen molar-refractivity contribution in [2.45, 2.75) is 19.8 Å². The van der Waals surface area contributed by atoms with Crippen molar-refractivity contribution in [2.75, 3.05) is 0 Å². The van der Waals surface area contributed by atoms with E-state index in [1.807, 2.05) is 0 Å². The molecule has 0 aromatic heterocycles. The number of hydrogen-bond donors (Lipinski definition) is 0. The molecule has 0 aliphatic rings. The molecule has 0 aliphatic carbocycles. The smallest absolute Gasteiger partial charge is 0.293 e. The molecule has 0 aromatic rings. The van der Waals surface area contributed by atoms with Gasteiger partial charge in [0.05, 0.1) is 6.42 Å². The lowest BCUT2D eigenvalue weighted by Gasteiger charge is -1.94. The van der Waals surface area contributed by atoms with Gasteiger partial charge in [-0.1, -0.05) is 0 Å². The highest BCUT2D eigenvalue weighted by molar-refractivity contribution is 6.39. The van der Waals surface area contributed by atoms with Crippen molar-refractivity contribution in [1.82, 2.24) is 0 Å². The van der Waals surface area contributed by atoms with Gasteiger partial charge in [-0.3, -0.25) is 14.4 Å². The summed E-state index contributed by atoms with van der Waals surface area (Å²) in [5.41, 5.74) is 0. The maximum absolute atomic E-state index is 11.4. The highest BCUT2D eigenvalue weighted by Gasteiger charge is 2.20. The van der Waals surface area contributed by atoms with Crippen LogP contribution in [0.25, 0.3) is 0 Å². The minimum atomic E-state index is -3.17. The van der Waals surface area contributed by atoms with Gasteiger partial charge in [0.2, 0.25) is 11.6 Å². The van der Waals surface area contributed by atoms with E-state index in [4.69, 9.17) is 0 Å². The highest BCUT2D eigenvalue weighted by Crippen LogP contribution is 1.99. The molecular formula is C6H6F2O3. The summed E-state index contributed by atoms with van der Waals surface area (Å²) in [7, 11) is 0. The third-order valence-corrected chi connectivity index (χ3v) is 0.971. The molecule has 0 spiro atoms. The monoisotopic (exact) mass is 164 g/mol. The van der Waals surface area contributed by atoms with Crippen molar-refractivity contribution >= 4 is 17.3 Å². The molecule has 5 heteroatoms. The predicted molar refractivity (Wildman–Crippen MR) is 31.3 cm³/mol. The summed E-state index contributed by atoms with van der Waals surface area (Å²) in [6.45, 7) is 0.932. The Balaban J connectivity index is 3.96. The number of alkyl halides is 2. The van der Waals surface area contributed by atoms with Crippen molar-refractivity contribution in [1.29, 1.82) is 0 Å². The molecule has 0 aromatic carbocycles. The molecular weight excluding hydrogens is 158 g/mol. The van der Waals surface area contributed by atoms with Gasteiger partial charge in [-0.25, -0.2) is 8.78 Å². The molecule has 0 N–H and O–H groups in total. The second-order valence-corrected chi connectivity index (χ2v) is 1.92. The highest BCUT2D eigenvalue weighted by atomic mass is 19.3. The van der Waals surface area contributed by atoms with Gasteiger partial charge in [0.15, 0.2) is 5.78 Å². The average molecular weight is 164 g/mol. The lowest BCUT2D eigenvalue weighted by atomic mass is 10.1. The van der Waals surface area contributed by atoms with E-state index in [0.29, 0.717) is 0 Å². The molecule has 0 amide bonds. The summed E-state index contributed by atoms with van der Waals surface area (Å²) in [6.07, 6.45) is -4.16. The number of Topliss-reactive ketones (excluding diaryl/α,β-unsaturated/α-hetero) is 3. The van der Waals surface area contributed by atoms with Crippen molar-refractivity contribution < 1.29 is 23.2 Å². The first-order chi connectivity index (χ1) is 4.95. The summed E-state index contributed by atoms with van der Waals surface area (Å²) >= 11 is 0. The second kappa shape index (κ2) is 3.90. The van der Waals surface area contributed by atoms with Crippen LogP contribution >= 0.6 is 0 Å². The van der Waals surface area contributed by atoms with E-state index < -0.39 is 30.2 Å². The van der Waals surface area contributed by atoms with E-state index in [0.717, 1.165) is 6.92 Å². The van der Waals surface area contributed by atoms with Crippen molar-refractivity contribution in [2.24, 2.45) is 0 Å². The third-order valence-electron chi connectivity index (χ3n) is 0.971. The molecule has 0 bridgehead atoms. The molecule has 0 heterocycles. The third kappa shape index (κ3) is 3.54. The minimum absolute atomic E-state index is 0.876.